The van der Waals surface area contributed by atoms with Crippen LogP contribution in [0.5, 0.6) is 0 Å². The van der Waals surface area contributed by atoms with Gasteiger partial charge < -0.3 is 10.8 Å². The number of rotatable bonds is 3. The Hall–Kier alpha value is -1.64. The van der Waals surface area contributed by atoms with Gasteiger partial charge in [-0.1, -0.05) is 56.3 Å². The van der Waals surface area contributed by atoms with Crippen molar-refractivity contribution in [2.24, 2.45) is 11.1 Å². The lowest BCUT2D eigenvalue weighted by molar-refractivity contribution is 0.132. The first-order valence-corrected chi connectivity index (χ1v) is 7.10. The van der Waals surface area contributed by atoms with Crippen LogP contribution in [0.3, 0.4) is 0 Å². The van der Waals surface area contributed by atoms with Gasteiger partial charge in [0.05, 0.1) is 0 Å². The standard InChI is InChI=1S/C18H21NO/c1-18(2,11-20)17(19)13-7-8-16-14(10-13)9-12-5-3-4-6-15(12)16/h3-8,10,17,20H,9,11,19H2,1-2H3/t17-/m1/s1. The first-order chi connectivity index (χ1) is 9.53. The third-order valence-electron chi connectivity index (χ3n) is 4.43. The predicted octanol–water partition coefficient (Wildman–Crippen LogP) is 3.28. The highest BCUT2D eigenvalue weighted by atomic mass is 16.3. The summed E-state index contributed by atoms with van der Waals surface area (Å²) in [4.78, 5) is 0. The molecule has 0 bridgehead atoms. The SMILES string of the molecule is CC(C)(CO)[C@H](N)c1ccc2c(c1)Cc1ccccc1-2. The fourth-order valence-corrected chi connectivity index (χ4v) is 2.91. The number of hydrogen-bond donors (Lipinski definition) is 2. The Labute approximate surface area is 120 Å². The van der Waals surface area contributed by atoms with E-state index in [1.807, 2.05) is 13.8 Å². The van der Waals surface area contributed by atoms with Crippen molar-refractivity contribution in [3.05, 3.63) is 59.2 Å². The highest BCUT2D eigenvalue weighted by Gasteiger charge is 2.28. The molecule has 3 rings (SSSR count). The summed E-state index contributed by atoms with van der Waals surface area (Å²) in [5.41, 5.74) is 12.5. The molecule has 3 N–H and O–H groups in total. The second-order valence-corrected chi connectivity index (χ2v) is 6.37. The topological polar surface area (TPSA) is 46.2 Å². The van der Waals surface area contributed by atoms with Gasteiger partial charge in [-0.05, 0) is 34.2 Å². The lowest BCUT2D eigenvalue weighted by atomic mass is 9.81. The summed E-state index contributed by atoms with van der Waals surface area (Å²) >= 11 is 0. The molecule has 104 valence electrons. The Morgan fingerprint density at radius 1 is 1.10 bits per heavy atom. The average molecular weight is 267 g/mol. The zero-order valence-electron chi connectivity index (χ0n) is 12.1. The number of aliphatic hydroxyl groups excluding tert-OH is 1. The zero-order valence-corrected chi connectivity index (χ0v) is 12.1. The predicted molar refractivity (Wildman–Crippen MR) is 82.5 cm³/mol. The van der Waals surface area contributed by atoms with Crippen molar-refractivity contribution >= 4 is 0 Å². The van der Waals surface area contributed by atoms with Gasteiger partial charge in [-0.2, -0.15) is 0 Å². The Kier molecular flexibility index (Phi) is 3.15. The lowest BCUT2D eigenvalue weighted by Crippen LogP contribution is -2.32. The van der Waals surface area contributed by atoms with Crippen LogP contribution in [-0.2, 0) is 6.42 Å². The molecular weight excluding hydrogens is 246 g/mol. The van der Waals surface area contributed by atoms with Gasteiger partial charge in [0.1, 0.15) is 0 Å². The normalized spacial score (nSPS) is 14.8. The van der Waals surface area contributed by atoms with E-state index in [2.05, 4.69) is 42.5 Å². The van der Waals surface area contributed by atoms with Crippen molar-refractivity contribution in [3.63, 3.8) is 0 Å². The van der Waals surface area contributed by atoms with Gasteiger partial charge in [0.15, 0.2) is 0 Å². The van der Waals surface area contributed by atoms with Crippen LogP contribution in [0.2, 0.25) is 0 Å². The second kappa shape index (κ2) is 4.72. The Bertz CT molecular complexity index is 646. The molecule has 1 atom stereocenters. The number of benzene rings is 2. The average Bonchev–Trinajstić information content (AvgIpc) is 2.83. The van der Waals surface area contributed by atoms with E-state index in [0.717, 1.165) is 12.0 Å². The maximum Gasteiger partial charge on any atom is 0.0500 e. The quantitative estimate of drug-likeness (QED) is 0.765. The zero-order chi connectivity index (χ0) is 14.3. The molecule has 0 radical (unpaired) electrons. The molecular formula is C18H21NO. The van der Waals surface area contributed by atoms with Gasteiger partial charge in [0.2, 0.25) is 0 Å². The van der Waals surface area contributed by atoms with Crippen LogP contribution in [0.25, 0.3) is 11.1 Å². The Morgan fingerprint density at radius 2 is 1.80 bits per heavy atom. The van der Waals surface area contributed by atoms with Crippen LogP contribution < -0.4 is 5.73 Å². The highest BCUT2D eigenvalue weighted by Crippen LogP contribution is 2.39. The van der Waals surface area contributed by atoms with Crippen LogP contribution in [0.15, 0.2) is 42.5 Å². The third-order valence-corrected chi connectivity index (χ3v) is 4.43. The van der Waals surface area contributed by atoms with Crippen molar-refractivity contribution in [1.82, 2.24) is 0 Å². The molecule has 2 aromatic carbocycles. The van der Waals surface area contributed by atoms with Crippen molar-refractivity contribution in [2.45, 2.75) is 26.3 Å². The van der Waals surface area contributed by atoms with Crippen molar-refractivity contribution < 1.29 is 5.11 Å². The molecule has 0 saturated carbocycles. The minimum Gasteiger partial charge on any atom is -0.396 e. The lowest BCUT2D eigenvalue weighted by Gasteiger charge is -2.30. The summed E-state index contributed by atoms with van der Waals surface area (Å²) in [6.07, 6.45) is 0.978. The molecule has 0 heterocycles. The Balaban J connectivity index is 1.99. The van der Waals surface area contributed by atoms with E-state index in [1.54, 1.807) is 0 Å². The van der Waals surface area contributed by atoms with Gasteiger partial charge in [0.25, 0.3) is 0 Å². The van der Waals surface area contributed by atoms with Crippen molar-refractivity contribution in [3.8, 4) is 11.1 Å². The van der Waals surface area contributed by atoms with Crippen molar-refractivity contribution in [2.75, 3.05) is 6.61 Å². The molecule has 2 aromatic rings. The molecule has 20 heavy (non-hydrogen) atoms. The van der Waals surface area contributed by atoms with E-state index in [0.29, 0.717) is 0 Å². The van der Waals surface area contributed by atoms with Crippen LogP contribution in [0, 0.1) is 5.41 Å². The maximum absolute atomic E-state index is 9.48. The highest BCUT2D eigenvalue weighted by molar-refractivity contribution is 5.77. The van der Waals surface area contributed by atoms with Gasteiger partial charge >= 0.3 is 0 Å². The molecule has 0 saturated heterocycles. The number of aliphatic hydroxyl groups is 1. The fraction of sp³-hybridized carbons (Fsp3) is 0.333. The van der Waals surface area contributed by atoms with E-state index in [-0.39, 0.29) is 18.1 Å². The molecule has 1 aliphatic rings. The van der Waals surface area contributed by atoms with Gasteiger partial charge in [-0.15, -0.1) is 0 Å². The smallest absolute Gasteiger partial charge is 0.0500 e. The maximum atomic E-state index is 9.48. The summed E-state index contributed by atoms with van der Waals surface area (Å²) < 4.78 is 0. The number of fused-ring (bicyclic) bond motifs is 3. The first kappa shape index (κ1) is 13.3. The van der Waals surface area contributed by atoms with E-state index in [4.69, 9.17) is 5.73 Å². The van der Waals surface area contributed by atoms with E-state index >= 15 is 0 Å². The van der Waals surface area contributed by atoms with Gasteiger partial charge in [-0.25, -0.2) is 0 Å². The summed E-state index contributed by atoms with van der Waals surface area (Å²) in [6, 6.07) is 14.9. The first-order valence-electron chi connectivity index (χ1n) is 7.10. The monoisotopic (exact) mass is 267 g/mol. The fourth-order valence-electron chi connectivity index (χ4n) is 2.91. The molecule has 2 heteroatoms. The van der Waals surface area contributed by atoms with Crippen LogP contribution in [0.4, 0.5) is 0 Å². The van der Waals surface area contributed by atoms with Gasteiger partial charge in [0, 0.05) is 18.1 Å². The molecule has 0 fully saturated rings. The molecule has 0 unspecified atom stereocenters. The summed E-state index contributed by atoms with van der Waals surface area (Å²) in [7, 11) is 0. The summed E-state index contributed by atoms with van der Waals surface area (Å²) in [5.74, 6) is 0. The van der Waals surface area contributed by atoms with Crippen LogP contribution in [0.1, 0.15) is 36.6 Å². The minimum absolute atomic E-state index is 0.0888. The second-order valence-electron chi connectivity index (χ2n) is 6.37. The van der Waals surface area contributed by atoms with E-state index in [1.165, 1.54) is 22.3 Å². The minimum atomic E-state index is -0.306. The molecule has 1 aliphatic carbocycles. The molecule has 2 nitrogen and oxygen atoms in total. The van der Waals surface area contributed by atoms with E-state index in [9.17, 15) is 5.11 Å². The molecule has 0 spiro atoms. The summed E-state index contributed by atoms with van der Waals surface area (Å²) in [6.45, 7) is 4.09. The van der Waals surface area contributed by atoms with Crippen molar-refractivity contribution in [1.29, 1.82) is 0 Å². The van der Waals surface area contributed by atoms with Crippen LogP contribution >= 0.6 is 0 Å². The molecule has 0 amide bonds. The number of nitrogens with two attached hydrogens (primary N) is 1. The largest absolute Gasteiger partial charge is 0.396 e. The van der Waals surface area contributed by atoms with Crippen LogP contribution in [-0.4, -0.2) is 11.7 Å². The van der Waals surface area contributed by atoms with Gasteiger partial charge in [-0.3, -0.25) is 0 Å². The summed E-state index contributed by atoms with van der Waals surface area (Å²) in [5, 5.41) is 9.48. The third kappa shape index (κ3) is 2.05. The van der Waals surface area contributed by atoms with E-state index < -0.39 is 0 Å². The molecule has 0 aromatic heterocycles. The Morgan fingerprint density at radius 3 is 2.55 bits per heavy atom. The number of hydrogen-bond acceptors (Lipinski definition) is 2. The molecule has 0 aliphatic heterocycles.